The van der Waals surface area contributed by atoms with Gasteiger partial charge in [0.1, 0.15) is 24.0 Å². The predicted molar refractivity (Wildman–Crippen MR) is 159 cm³/mol. The Morgan fingerprint density at radius 1 is 1.05 bits per heavy atom. The number of terminal acetylenes is 1. The molecule has 202 valence electrons. The van der Waals surface area contributed by atoms with Crippen LogP contribution in [0, 0.1) is 12.3 Å². The number of nitrogens with one attached hydrogen (secondary N) is 2. The number of benzene rings is 2. The average Bonchev–Trinajstić information content (AvgIpc) is 3.74. The fourth-order valence-corrected chi connectivity index (χ4v) is 4.85. The molecular formula is C33H34N6O. The Morgan fingerprint density at radius 3 is 2.80 bits per heavy atom. The van der Waals surface area contributed by atoms with Crippen molar-refractivity contribution in [2.45, 2.75) is 45.6 Å². The first-order valence-corrected chi connectivity index (χ1v) is 13.7. The van der Waals surface area contributed by atoms with Crippen LogP contribution in [0.25, 0.3) is 10.9 Å². The maximum absolute atomic E-state index is 6.05. The Kier molecular flexibility index (Phi) is 8.90. The zero-order valence-corrected chi connectivity index (χ0v) is 22.8. The summed E-state index contributed by atoms with van der Waals surface area (Å²) in [5.74, 6) is 5.30. The zero-order chi connectivity index (χ0) is 27.6. The van der Waals surface area contributed by atoms with Crippen molar-refractivity contribution < 1.29 is 4.74 Å². The van der Waals surface area contributed by atoms with E-state index in [-0.39, 0.29) is 0 Å². The molecule has 0 spiro atoms. The minimum Gasteiger partial charge on any atom is -0.489 e. The second-order valence-corrected chi connectivity index (χ2v) is 9.68. The summed E-state index contributed by atoms with van der Waals surface area (Å²) in [4.78, 5) is 10.8. The Balaban J connectivity index is 1.31. The van der Waals surface area contributed by atoms with E-state index in [0.29, 0.717) is 13.0 Å². The summed E-state index contributed by atoms with van der Waals surface area (Å²) in [6.45, 7) is 3.27. The largest absolute Gasteiger partial charge is 0.489 e. The number of ether oxygens (including phenoxy) is 1. The van der Waals surface area contributed by atoms with Crippen LogP contribution in [0.5, 0.6) is 5.75 Å². The first-order chi connectivity index (χ1) is 19.7. The molecule has 5 rings (SSSR count). The lowest BCUT2D eigenvalue weighted by Gasteiger charge is -2.12. The number of H-pyrrole nitrogens is 2. The molecule has 0 bridgehead atoms. The normalized spacial score (nSPS) is 11.8. The van der Waals surface area contributed by atoms with Crippen molar-refractivity contribution >= 4 is 10.9 Å². The molecule has 7 nitrogen and oxygen atoms in total. The van der Waals surface area contributed by atoms with Gasteiger partial charge in [-0.1, -0.05) is 42.3 Å². The van der Waals surface area contributed by atoms with Crippen molar-refractivity contribution in [2.75, 3.05) is 6.61 Å². The van der Waals surface area contributed by atoms with E-state index in [4.69, 9.17) is 11.2 Å². The molecule has 0 fully saturated rings. The summed E-state index contributed by atoms with van der Waals surface area (Å²) in [5.41, 5.74) is 5.68. The summed E-state index contributed by atoms with van der Waals surface area (Å²) >= 11 is 0. The van der Waals surface area contributed by atoms with E-state index in [2.05, 4.69) is 78.2 Å². The summed E-state index contributed by atoms with van der Waals surface area (Å²) in [7, 11) is 0. The molecule has 0 aliphatic rings. The summed E-state index contributed by atoms with van der Waals surface area (Å²) < 4.78 is 8.34. The number of imidazole rings is 1. The van der Waals surface area contributed by atoms with Gasteiger partial charge in [0.05, 0.1) is 12.0 Å². The third kappa shape index (κ3) is 6.78. The molecule has 3 heterocycles. The molecular weight excluding hydrogens is 496 g/mol. The van der Waals surface area contributed by atoms with Crippen LogP contribution in [0.15, 0.2) is 91.1 Å². The Hall–Kier alpha value is -4.83. The monoisotopic (exact) mass is 530 g/mol. The molecule has 0 aliphatic heterocycles. The van der Waals surface area contributed by atoms with Crippen molar-refractivity contribution in [2.24, 2.45) is 0 Å². The fraction of sp³-hybridized carbons (Fsp3) is 0.242. The number of nitrogens with zero attached hydrogens (tertiary/aromatic N) is 4. The number of aromatic amines is 2. The molecule has 0 aliphatic carbocycles. The van der Waals surface area contributed by atoms with Gasteiger partial charge in [0, 0.05) is 42.7 Å². The second kappa shape index (κ2) is 13.3. The fourth-order valence-electron chi connectivity index (χ4n) is 4.85. The van der Waals surface area contributed by atoms with Crippen LogP contribution in [-0.4, -0.2) is 36.3 Å². The van der Waals surface area contributed by atoms with Gasteiger partial charge in [0.15, 0.2) is 0 Å². The number of para-hydroxylation sites is 1. The number of hydrogen-bond acceptors (Lipinski definition) is 4. The second-order valence-electron chi connectivity index (χ2n) is 9.68. The summed E-state index contributed by atoms with van der Waals surface area (Å²) in [6, 6.07) is 16.6. The van der Waals surface area contributed by atoms with Crippen molar-refractivity contribution in [3.8, 4) is 18.1 Å². The number of aryl methyl sites for hydroxylation is 3. The Morgan fingerprint density at radius 2 is 1.95 bits per heavy atom. The first-order valence-electron chi connectivity index (χ1n) is 13.7. The third-order valence-electron chi connectivity index (χ3n) is 7.00. The maximum Gasteiger partial charge on any atom is 0.137 e. The molecule has 0 radical (unpaired) electrons. The first kappa shape index (κ1) is 26.8. The van der Waals surface area contributed by atoms with E-state index in [9.17, 15) is 0 Å². The van der Waals surface area contributed by atoms with Gasteiger partial charge in [0.2, 0.25) is 0 Å². The van der Waals surface area contributed by atoms with Crippen LogP contribution in [0.4, 0.5) is 0 Å². The van der Waals surface area contributed by atoms with Gasteiger partial charge >= 0.3 is 0 Å². The number of hydrogen-bond donors (Lipinski definition) is 2. The third-order valence-corrected chi connectivity index (χ3v) is 7.00. The molecule has 0 unspecified atom stereocenters. The van der Waals surface area contributed by atoms with Gasteiger partial charge in [-0.15, -0.1) is 16.6 Å². The summed E-state index contributed by atoms with van der Waals surface area (Å²) in [6.07, 6.45) is 21.0. The van der Waals surface area contributed by atoms with E-state index >= 15 is 0 Å². The minimum atomic E-state index is 0.458. The van der Waals surface area contributed by atoms with Crippen molar-refractivity contribution in [3.05, 3.63) is 120 Å². The lowest BCUT2D eigenvalue weighted by atomic mass is 10.1. The maximum atomic E-state index is 6.05. The van der Waals surface area contributed by atoms with E-state index in [0.717, 1.165) is 72.0 Å². The molecule has 40 heavy (non-hydrogen) atoms. The highest BCUT2D eigenvalue weighted by molar-refractivity contribution is 5.83. The van der Waals surface area contributed by atoms with E-state index in [1.807, 2.05) is 37.4 Å². The van der Waals surface area contributed by atoms with E-state index in [1.54, 1.807) is 12.4 Å². The van der Waals surface area contributed by atoms with E-state index < -0.39 is 0 Å². The van der Waals surface area contributed by atoms with Crippen LogP contribution < -0.4 is 4.74 Å². The van der Waals surface area contributed by atoms with Crippen molar-refractivity contribution in [1.29, 1.82) is 0 Å². The molecule has 0 saturated heterocycles. The number of fused-ring (bicyclic) bond motifs is 1. The van der Waals surface area contributed by atoms with Crippen molar-refractivity contribution in [3.63, 3.8) is 0 Å². The smallest absolute Gasteiger partial charge is 0.137 e. The van der Waals surface area contributed by atoms with Gasteiger partial charge < -0.3 is 19.3 Å². The number of aromatic nitrogens is 6. The Bertz CT molecular complexity index is 1630. The molecule has 2 N–H and O–H groups in total. The van der Waals surface area contributed by atoms with Gasteiger partial charge in [0.25, 0.3) is 0 Å². The summed E-state index contributed by atoms with van der Waals surface area (Å²) in [5, 5.41) is 10.6. The average molecular weight is 531 g/mol. The molecule has 0 atom stereocenters. The minimum absolute atomic E-state index is 0.458. The van der Waals surface area contributed by atoms with Crippen LogP contribution in [0.2, 0.25) is 0 Å². The molecule has 0 amide bonds. The molecule has 5 aromatic rings. The van der Waals surface area contributed by atoms with Crippen molar-refractivity contribution in [1.82, 2.24) is 29.7 Å². The van der Waals surface area contributed by atoms with Gasteiger partial charge in [-0.05, 0) is 73.2 Å². The lowest BCUT2D eigenvalue weighted by molar-refractivity contribution is 0.355. The highest BCUT2D eigenvalue weighted by atomic mass is 16.5. The van der Waals surface area contributed by atoms with Gasteiger partial charge in [-0.25, -0.2) is 4.98 Å². The topological polar surface area (TPSA) is 84.4 Å². The molecule has 0 saturated carbocycles. The van der Waals surface area contributed by atoms with Gasteiger partial charge in [-0.3, -0.25) is 0 Å². The quantitative estimate of drug-likeness (QED) is 0.144. The molecule has 3 aromatic heterocycles. The molecule has 2 aromatic carbocycles. The highest BCUT2D eigenvalue weighted by Crippen LogP contribution is 2.21. The van der Waals surface area contributed by atoms with Crippen LogP contribution in [0.3, 0.4) is 0 Å². The highest BCUT2D eigenvalue weighted by Gasteiger charge is 2.14. The van der Waals surface area contributed by atoms with Gasteiger partial charge in [-0.2, -0.15) is 0 Å². The Labute approximate surface area is 235 Å². The number of allylic oxidation sites excluding steroid dienone is 2. The SMILES string of the molecule is C#C/C=C\C(=C/C)COc1cccc(Cc2nnc(CCc3c[nH]c4ccccc34)n2CCCc2c[nH]cn2)c1. The van der Waals surface area contributed by atoms with Crippen LogP contribution in [0.1, 0.15) is 41.8 Å². The predicted octanol–water partition coefficient (Wildman–Crippen LogP) is 6.01. The number of rotatable bonds is 13. The van der Waals surface area contributed by atoms with Crippen LogP contribution in [-0.2, 0) is 32.2 Å². The van der Waals surface area contributed by atoms with E-state index in [1.165, 1.54) is 10.9 Å². The zero-order valence-electron chi connectivity index (χ0n) is 22.8. The van der Waals surface area contributed by atoms with Crippen LogP contribution >= 0.6 is 0 Å². The lowest BCUT2D eigenvalue weighted by Crippen LogP contribution is -2.10. The standard InChI is InChI=1S/C33H34N6O/c1-3-5-10-25(4-2)23-40-29-13-8-11-26(19-29)20-33-38-37-32(39(33)18-9-12-28-22-34-24-36-28)17-16-27-21-35-31-15-7-6-14-30(27)31/h1,4-8,10-11,13-15,19,21-22,24,35H,9,12,16-18,20,23H2,2H3,(H,34,36)/b10-5-,25-4+. The molecule has 7 heteroatoms.